The number of aryl methyl sites for hydroxylation is 1. The van der Waals surface area contributed by atoms with Crippen LogP contribution in [0.2, 0.25) is 0 Å². The first kappa shape index (κ1) is 12.8. The van der Waals surface area contributed by atoms with Crippen molar-refractivity contribution >= 4 is 5.78 Å². The lowest BCUT2D eigenvalue weighted by molar-refractivity contribution is -0.122. The summed E-state index contributed by atoms with van der Waals surface area (Å²) in [5.74, 6) is 0.175. The van der Waals surface area contributed by atoms with E-state index in [1.54, 1.807) is 0 Å². The quantitative estimate of drug-likeness (QED) is 0.794. The van der Waals surface area contributed by atoms with Crippen LogP contribution in [-0.4, -0.2) is 17.3 Å². The summed E-state index contributed by atoms with van der Waals surface area (Å²) < 4.78 is 0. The monoisotopic (exact) mass is 220 g/mol. The molecule has 0 fully saturated rings. The molecule has 3 heteroatoms. The maximum absolute atomic E-state index is 11.8. The fourth-order valence-electron chi connectivity index (χ4n) is 1.62. The van der Waals surface area contributed by atoms with Gasteiger partial charge in [-0.3, -0.25) is 9.78 Å². The van der Waals surface area contributed by atoms with E-state index in [1.165, 1.54) is 5.56 Å². The summed E-state index contributed by atoms with van der Waals surface area (Å²) in [6.07, 6.45) is 4.02. The molecule has 0 aliphatic rings. The van der Waals surface area contributed by atoms with Gasteiger partial charge in [-0.05, 0) is 24.5 Å². The number of hydrogen-bond donors (Lipinski definition) is 1. The van der Waals surface area contributed by atoms with Crippen LogP contribution < -0.4 is 5.73 Å². The lowest BCUT2D eigenvalue weighted by Gasteiger charge is -2.10. The van der Waals surface area contributed by atoms with Gasteiger partial charge in [0.15, 0.2) is 0 Å². The molecule has 1 aromatic heterocycles. The van der Waals surface area contributed by atoms with Gasteiger partial charge in [-0.1, -0.05) is 19.9 Å². The number of nitrogens with zero attached hydrogens (tertiary/aromatic N) is 1. The van der Waals surface area contributed by atoms with E-state index in [0.29, 0.717) is 13.0 Å². The predicted octanol–water partition coefficient (Wildman–Crippen LogP) is 1.74. The molecule has 1 atom stereocenters. The molecule has 2 N–H and O–H groups in total. The molecule has 0 radical (unpaired) electrons. The van der Waals surface area contributed by atoms with Crippen molar-refractivity contribution in [3.8, 4) is 0 Å². The number of Topliss-reactive ketones (excluding diaryl/α,β-unsaturated/α-hetero) is 1. The summed E-state index contributed by atoms with van der Waals surface area (Å²) >= 11 is 0. The third kappa shape index (κ3) is 3.42. The van der Waals surface area contributed by atoms with Gasteiger partial charge in [-0.25, -0.2) is 0 Å². The van der Waals surface area contributed by atoms with Crippen molar-refractivity contribution in [1.82, 2.24) is 4.98 Å². The lowest BCUT2D eigenvalue weighted by atomic mass is 9.97. The van der Waals surface area contributed by atoms with Crippen molar-refractivity contribution in [2.75, 3.05) is 6.54 Å². The molecule has 0 spiro atoms. The first-order valence-electron chi connectivity index (χ1n) is 5.87. The SMILES string of the molecule is CCc1ccc(CC(=O)C(CC)CN)nc1. The van der Waals surface area contributed by atoms with Gasteiger partial charge in [0.25, 0.3) is 0 Å². The van der Waals surface area contributed by atoms with Crippen LogP contribution in [0.3, 0.4) is 0 Å². The van der Waals surface area contributed by atoms with Crippen LogP contribution in [0.15, 0.2) is 18.3 Å². The number of ketones is 1. The number of nitrogens with two attached hydrogens (primary N) is 1. The second-order valence-electron chi connectivity index (χ2n) is 4.00. The summed E-state index contributed by atoms with van der Waals surface area (Å²) in [5, 5.41) is 0. The summed E-state index contributed by atoms with van der Waals surface area (Å²) in [7, 11) is 0. The zero-order chi connectivity index (χ0) is 12.0. The number of pyridine rings is 1. The van der Waals surface area contributed by atoms with Gasteiger partial charge >= 0.3 is 0 Å². The molecule has 3 nitrogen and oxygen atoms in total. The fourth-order valence-corrected chi connectivity index (χ4v) is 1.62. The molecule has 0 bridgehead atoms. The normalized spacial score (nSPS) is 12.4. The van der Waals surface area contributed by atoms with E-state index < -0.39 is 0 Å². The average Bonchev–Trinajstić information content (AvgIpc) is 2.31. The van der Waals surface area contributed by atoms with Crippen LogP contribution in [0.1, 0.15) is 31.5 Å². The zero-order valence-corrected chi connectivity index (χ0v) is 10.1. The van der Waals surface area contributed by atoms with Crippen LogP contribution in [0.4, 0.5) is 0 Å². The highest BCUT2D eigenvalue weighted by Crippen LogP contribution is 2.08. The van der Waals surface area contributed by atoms with Gasteiger partial charge < -0.3 is 5.73 Å². The summed E-state index contributed by atoms with van der Waals surface area (Å²) in [6, 6.07) is 3.96. The van der Waals surface area contributed by atoms with E-state index in [4.69, 9.17) is 5.73 Å². The van der Waals surface area contributed by atoms with Crippen LogP contribution in [0, 0.1) is 5.92 Å². The molecule has 0 saturated heterocycles. The molecule has 0 aliphatic carbocycles. The highest BCUT2D eigenvalue weighted by atomic mass is 16.1. The van der Waals surface area contributed by atoms with Crippen LogP contribution in [0.5, 0.6) is 0 Å². The third-order valence-electron chi connectivity index (χ3n) is 2.88. The minimum absolute atomic E-state index is 0.0207. The number of rotatable bonds is 6. The lowest BCUT2D eigenvalue weighted by Crippen LogP contribution is -2.24. The first-order chi connectivity index (χ1) is 7.71. The van der Waals surface area contributed by atoms with E-state index in [2.05, 4.69) is 11.9 Å². The minimum atomic E-state index is -0.0207. The molecule has 88 valence electrons. The summed E-state index contributed by atoms with van der Waals surface area (Å²) in [5.41, 5.74) is 7.58. The Morgan fingerprint density at radius 1 is 1.44 bits per heavy atom. The molecular weight excluding hydrogens is 200 g/mol. The summed E-state index contributed by atoms with van der Waals surface area (Å²) in [4.78, 5) is 16.1. The maximum Gasteiger partial charge on any atom is 0.143 e. The standard InChI is InChI=1S/C13H20N2O/c1-3-10-5-6-12(15-9-10)7-13(16)11(4-2)8-14/h5-6,9,11H,3-4,7-8,14H2,1-2H3. The molecule has 0 amide bonds. The van der Waals surface area contributed by atoms with E-state index in [-0.39, 0.29) is 11.7 Å². The largest absolute Gasteiger partial charge is 0.330 e. The Balaban J connectivity index is 2.62. The molecule has 1 aromatic rings. The Morgan fingerprint density at radius 2 is 2.19 bits per heavy atom. The molecule has 0 saturated carbocycles. The topological polar surface area (TPSA) is 56.0 Å². The highest BCUT2D eigenvalue weighted by molar-refractivity contribution is 5.83. The van der Waals surface area contributed by atoms with E-state index >= 15 is 0 Å². The van der Waals surface area contributed by atoms with E-state index in [1.807, 2.05) is 25.3 Å². The van der Waals surface area contributed by atoms with E-state index in [0.717, 1.165) is 18.5 Å². The van der Waals surface area contributed by atoms with Crippen LogP contribution in [0.25, 0.3) is 0 Å². The summed E-state index contributed by atoms with van der Waals surface area (Å²) in [6.45, 7) is 4.51. The van der Waals surface area contributed by atoms with Gasteiger partial charge in [0.1, 0.15) is 5.78 Å². The van der Waals surface area contributed by atoms with E-state index in [9.17, 15) is 4.79 Å². The van der Waals surface area contributed by atoms with Crippen molar-refractivity contribution in [3.05, 3.63) is 29.6 Å². The van der Waals surface area contributed by atoms with Gasteiger partial charge in [0.2, 0.25) is 0 Å². The van der Waals surface area contributed by atoms with Crippen LogP contribution >= 0.6 is 0 Å². The molecule has 1 rings (SSSR count). The highest BCUT2D eigenvalue weighted by Gasteiger charge is 2.15. The maximum atomic E-state index is 11.8. The van der Waals surface area contributed by atoms with Crippen molar-refractivity contribution in [3.63, 3.8) is 0 Å². The predicted molar refractivity (Wildman–Crippen MR) is 65.2 cm³/mol. The Labute approximate surface area is 97.1 Å². The average molecular weight is 220 g/mol. The van der Waals surface area contributed by atoms with Crippen molar-refractivity contribution in [2.24, 2.45) is 11.7 Å². The Bertz CT molecular complexity index is 328. The molecule has 0 aromatic carbocycles. The molecule has 1 heterocycles. The number of hydrogen-bond acceptors (Lipinski definition) is 3. The van der Waals surface area contributed by atoms with Gasteiger partial charge in [0.05, 0.1) is 0 Å². The van der Waals surface area contributed by atoms with Crippen molar-refractivity contribution in [2.45, 2.75) is 33.1 Å². The Hall–Kier alpha value is -1.22. The minimum Gasteiger partial charge on any atom is -0.330 e. The number of carbonyl (C=O) groups is 1. The Kier molecular flexibility index (Phi) is 5.12. The van der Waals surface area contributed by atoms with Crippen LogP contribution in [-0.2, 0) is 17.6 Å². The van der Waals surface area contributed by atoms with Gasteiger partial charge in [0, 0.05) is 30.8 Å². The van der Waals surface area contributed by atoms with Gasteiger partial charge in [-0.2, -0.15) is 0 Å². The molecular formula is C13H20N2O. The number of carbonyl (C=O) groups excluding carboxylic acids is 1. The Morgan fingerprint density at radius 3 is 2.62 bits per heavy atom. The van der Waals surface area contributed by atoms with Crippen molar-refractivity contribution in [1.29, 1.82) is 0 Å². The first-order valence-corrected chi connectivity index (χ1v) is 5.87. The number of aromatic nitrogens is 1. The third-order valence-corrected chi connectivity index (χ3v) is 2.88. The van der Waals surface area contributed by atoms with Gasteiger partial charge in [-0.15, -0.1) is 0 Å². The molecule has 0 aliphatic heterocycles. The fraction of sp³-hybridized carbons (Fsp3) is 0.538. The molecule has 16 heavy (non-hydrogen) atoms. The second-order valence-corrected chi connectivity index (χ2v) is 4.00. The molecule has 1 unspecified atom stereocenters. The smallest absolute Gasteiger partial charge is 0.143 e. The second kappa shape index (κ2) is 6.38. The van der Waals surface area contributed by atoms with Crippen molar-refractivity contribution < 1.29 is 4.79 Å². The zero-order valence-electron chi connectivity index (χ0n) is 10.1.